The van der Waals surface area contributed by atoms with Gasteiger partial charge < -0.3 is 14.8 Å². The van der Waals surface area contributed by atoms with Gasteiger partial charge >= 0.3 is 0 Å². The second-order valence-corrected chi connectivity index (χ2v) is 5.64. The van der Waals surface area contributed by atoms with Crippen molar-refractivity contribution in [3.05, 3.63) is 54.4 Å². The van der Waals surface area contributed by atoms with E-state index in [4.69, 9.17) is 9.47 Å². The van der Waals surface area contributed by atoms with Crippen LogP contribution in [0.2, 0.25) is 0 Å². The Morgan fingerprint density at radius 3 is 2.84 bits per heavy atom. The zero-order valence-corrected chi connectivity index (χ0v) is 13.9. The van der Waals surface area contributed by atoms with Crippen LogP contribution >= 0.6 is 0 Å². The van der Waals surface area contributed by atoms with Gasteiger partial charge in [0.05, 0.1) is 5.56 Å². The minimum absolute atomic E-state index is 0.493. The van der Waals surface area contributed by atoms with Gasteiger partial charge in [-0.2, -0.15) is 4.98 Å². The zero-order chi connectivity index (χ0) is 17.1. The van der Waals surface area contributed by atoms with Crippen LogP contribution in [0.15, 0.2) is 48.8 Å². The number of benzene rings is 2. The highest BCUT2D eigenvalue weighted by atomic mass is 16.6. The smallest absolute Gasteiger partial charge is 0.230 e. The number of para-hydroxylation sites is 1. The van der Waals surface area contributed by atoms with E-state index in [1.165, 1.54) is 11.9 Å². The number of fused-ring (bicyclic) bond motifs is 1. The van der Waals surface area contributed by atoms with Crippen LogP contribution in [0.1, 0.15) is 12.5 Å². The van der Waals surface area contributed by atoms with Crippen molar-refractivity contribution in [2.45, 2.75) is 13.3 Å². The fraction of sp³-hybridized carbons (Fsp3) is 0.211. The summed E-state index contributed by atoms with van der Waals surface area (Å²) in [6.45, 7) is 3.19. The molecule has 0 atom stereocenters. The lowest BCUT2D eigenvalue weighted by molar-refractivity contribution is 0.172. The van der Waals surface area contributed by atoms with Crippen LogP contribution in [0, 0.1) is 0 Å². The first-order valence-electron chi connectivity index (χ1n) is 8.27. The standard InChI is InChI=1S/C19H18N4O2/c1-2-13-5-3-6-14(11-13)22-19-21-12-20-18(23-19)15-7-4-8-16-17(15)25-10-9-24-16/h3-8,11-12H,2,9-10H2,1H3,(H,20,21,22,23). The van der Waals surface area contributed by atoms with Crippen molar-refractivity contribution < 1.29 is 9.47 Å². The fourth-order valence-electron chi connectivity index (χ4n) is 2.73. The minimum atomic E-state index is 0.493. The summed E-state index contributed by atoms with van der Waals surface area (Å²) in [5.41, 5.74) is 3.00. The molecule has 0 saturated carbocycles. The van der Waals surface area contributed by atoms with Crippen molar-refractivity contribution in [1.82, 2.24) is 15.0 Å². The molecule has 6 nitrogen and oxygen atoms in total. The first-order valence-corrected chi connectivity index (χ1v) is 8.27. The number of anilines is 2. The number of hydrogen-bond donors (Lipinski definition) is 1. The average Bonchev–Trinajstić information content (AvgIpc) is 2.68. The number of aromatic nitrogens is 3. The van der Waals surface area contributed by atoms with E-state index < -0.39 is 0 Å². The average molecular weight is 334 g/mol. The summed E-state index contributed by atoms with van der Waals surface area (Å²) in [7, 11) is 0. The normalized spacial score (nSPS) is 12.7. The first kappa shape index (κ1) is 15.4. The Labute approximate surface area is 145 Å². The molecule has 25 heavy (non-hydrogen) atoms. The molecule has 0 radical (unpaired) electrons. The van der Waals surface area contributed by atoms with Crippen LogP contribution in [0.4, 0.5) is 11.6 Å². The Kier molecular flexibility index (Phi) is 4.16. The third kappa shape index (κ3) is 3.24. The van der Waals surface area contributed by atoms with Gasteiger partial charge in [-0.1, -0.05) is 25.1 Å². The van der Waals surface area contributed by atoms with E-state index in [0.29, 0.717) is 36.5 Å². The molecule has 3 aromatic rings. The second kappa shape index (κ2) is 6.76. The zero-order valence-electron chi connectivity index (χ0n) is 13.9. The number of ether oxygens (including phenoxy) is 2. The van der Waals surface area contributed by atoms with Crippen molar-refractivity contribution in [3.63, 3.8) is 0 Å². The van der Waals surface area contributed by atoms with Gasteiger partial charge in [0, 0.05) is 5.69 Å². The first-order chi connectivity index (χ1) is 12.3. The summed E-state index contributed by atoms with van der Waals surface area (Å²) in [5, 5.41) is 3.23. The largest absolute Gasteiger partial charge is 0.486 e. The van der Waals surface area contributed by atoms with Crippen LogP contribution in [0.25, 0.3) is 11.4 Å². The fourth-order valence-corrected chi connectivity index (χ4v) is 2.73. The highest BCUT2D eigenvalue weighted by Crippen LogP contribution is 2.38. The molecule has 0 amide bonds. The molecule has 1 aliphatic rings. The summed E-state index contributed by atoms with van der Waals surface area (Å²) in [6.07, 6.45) is 2.48. The molecule has 0 aliphatic carbocycles. The summed E-state index contributed by atoms with van der Waals surface area (Å²) in [5.74, 6) is 2.44. The van der Waals surface area contributed by atoms with Crippen LogP contribution in [-0.4, -0.2) is 28.2 Å². The summed E-state index contributed by atoms with van der Waals surface area (Å²) < 4.78 is 11.4. The molecule has 4 rings (SSSR count). The molecule has 1 aromatic heterocycles. The van der Waals surface area contributed by atoms with Gasteiger partial charge in [0.15, 0.2) is 17.3 Å². The van der Waals surface area contributed by atoms with E-state index in [1.807, 2.05) is 30.3 Å². The molecule has 2 aromatic carbocycles. The maximum Gasteiger partial charge on any atom is 0.230 e. The molecule has 126 valence electrons. The summed E-state index contributed by atoms with van der Waals surface area (Å²) in [6, 6.07) is 13.9. The highest BCUT2D eigenvalue weighted by Gasteiger charge is 2.18. The molecule has 1 aliphatic heterocycles. The molecular formula is C19H18N4O2. The predicted octanol–water partition coefficient (Wildman–Crippen LogP) is 3.62. The number of hydrogen-bond acceptors (Lipinski definition) is 6. The van der Waals surface area contributed by atoms with Crippen LogP contribution in [0.5, 0.6) is 11.5 Å². The van der Waals surface area contributed by atoms with Gasteiger partial charge in [-0.3, -0.25) is 0 Å². The molecule has 6 heteroatoms. The Hall–Kier alpha value is -3.15. The van der Waals surface area contributed by atoms with Gasteiger partial charge in [-0.05, 0) is 36.2 Å². The van der Waals surface area contributed by atoms with E-state index in [1.54, 1.807) is 0 Å². The lowest BCUT2D eigenvalue weighted by atomic mass is 10.1. The van der Waals surface area contributed by atoms with E-state index in [0.717, 1.165) is 17.7 Å². The van der Waals surface area contributed by atoms with E-state index in [2.05, 4.69) is 39.3 Å². The van der Waals surface area contributed by atoms with Crippen LogP contribution < -0.4 is 14.8 Å². The number of nitrogens with one attached hydrogen (secondary N) is 1. The van der Waals surface area contributed by atoms with Gasteiger partial charge in [0.2, 0.25) is 5.95 Å². The number of aryl methyl sites for hydroxylation is 1. The van der Waals surface area contributed by atoms with Gasteiger partial charge in [0.1, 0.15) is 19.5 Å². The quantitative estimate of drug-likeness (QED) is 0.786. The monoisotopic (exact) mass is 334 g/mol. The number of nitrogens with zero attached hydrogens (tertiary/aromatic N) is 3. The maximum atomic E-state index is 5.75. The summed E-state index contributed by atoms with van der Waals surface area (Å²) >= 11 is 0. The molecule has 0 spiro atoms. The third-order valence-electron chi connectivity index (χ3n) is 3.97. The predicted molar refractivity (Wildman–Crippen MR) is 95.4 cm³/mol. The molecule has 0 saturated heterocycles. The molecule has 0 fully saturated rings. The van der Waals surface area contributed by atoms with E-state index in [9.17, 15) is 0 Å². The van der Waals surface area contributed by atoms with Crippen molar-refractivity contribution in [2.24, 2.45) is 0 Å². The Morgan fingerprint density at radius 2 is 1.92 bits per heavy atom. The third-order valence-corrected chi connectivity index (χ3v) is 3.97. The van der Waals surface area contributed by atoms with Crippen molar-refractivity contribution in [1.29, 1.82) is 0 Å². The van der Waals surface area contributed by atoms with Gasteiger partial charge in [-0.25, -0.2) is 9.97 Å². The van der Waals surface area contributed by atoms with E-state index in [-0.39, 0.29) is 0 Å². The molecule has 2 heterocycles. The van der Waals surface area contributed by atoms with Gasteiger partial charge in [-0.15, -0.1) is 0 Å². The molecular weight excluding hydrogens is 316 g/mol. The SMILES string of the molecule is CCc1cccc(Nc2ncnc(-c3cccc4c3OCCO4)n2)c1. The van der Waals surface area contributed by atoms with Crippen LogP contribution in [-0.2, 0) is 6.42 Å². The van der Waals surface area contributed by atoms with E-state index >= 15 is 0 Å². The number of rotatable bonds is 4. The topological polar surface area (TPSA) is 69.2 Å². The van der Waals surface area contributed by atoms with Crippen LogP contribution in [0.3, 0.4) is 0 Å². The Morgan fingerprint density at radius 1 is 1.04 bits per heavy atom. The lowest BCUT2D eigenvalue weighted by Gasteiger charge is -2.20. The lowest BCUT2D eigenvalue weighted by Crippen LogP contribution is -2.16. The highest BCUT2D eigenvalue weighted by molar-refractivity contribution is 5.70. The Bertz CT molecular complexity index is 898. The van der Waals surface area contributed by atoms with Gasteiger partial charge in [0.25, 0.3) is 0 Å². The van der Waals surface area contributed by atoms with Crippen molar-refractivity contribution >= 4 is 11.6 Å². The van der Waals surface area contributed by atoms with Crippen molar-refractivity contribution in [2.75, 3.05) is 18.5 Å². The minimum Gasteiger partial charge on any atom is -0.486 e. The molecule has 1 N–H and O–H groups in total. The second-order valence-electron chi connectivity index (χ2n) is 5.64. The van der Waals surface area contributed by atoms with Crippen molar-refractivity contribution in [3.8, 4) is 22.9 Å². The Balaban J connectivity index is 1.66. The maximum absolute atomic E-state index is 5.75. The molecule has 0 unspecified atom stereocenters. The molecule has 0 bridgehead atoms. The summed E-state index contributed by atoms with van der Waals surface area (Å²) in [4.78, 5) is 13.1.